The smallest absolute Gasteiger partial charge is 0.319 e. The summed E-state index contributed by atoms with van der Waals surface area (Å²) in [5, 5.41) is 0. The summed E-state index contributed by atoms with van der Waals surface area (Å²) in [4.78, 5) is 26.2. The summed E-state index contributed by atoms with van der Waals surface area (Å²) >= 11 is 0. The van der Waals surface area contributed by atoms with E-state index in [1.165, 1.54) is 19.3 Å². The van der Waals surface area contributed by atoms with Crippen molar-refractivity contribution >= 4 is 11.8 Å². The molecule has 0 spiro atoms. The van der Waals surface area contributed by atoms with E-state index in [4.69, 9.17) is 4.74 Å². The predicted octanol–water partition coefficient (Wildman–Crippen LogP) is 2.41. The van der Waals surface area contributed by atoms with Crippen LogP contribution in [0.2, 0.25) is 0 Å². The minimum Gasteiger partial charge on any atom is -0.465 e. The number of likely N-dealkylation sites (N-methyl/N-ethyl adjacent to an activating group) is 1. The van der Waals surface area contributed by atoms with E-state index in [1.807, 2.05) is 7.05 Å². The van der Waals surface area contributed by atoms with E-state index in [0.717, 1.165) is 12.8 Å². The molecule has 0 bridgehead atoms. The summed E-state index contributed by atoms with van der Waals surface area (Å²) in [6.07, 6.45) is 6.09. The molecule has 0 saturated heterocycles. The molecule has 1 fully saturated rings. The van der Waals surface area contributed by atoms with E-state index >= 15 is 0 Å². The van der Waals surface area contributed by atoms with E-state index < -0.39 is 11.4 Å². The average Bonchev–Trinajstić information content (AvgIpc) is 2.39. The lowest BCUT2D eigenvalue weighted by molar-refractivity contribution is -0.158. The number of carbonyl (C=O) groups excluding carboxylic acids is 2. The summed E-state index contributed by atoms with van der Waals surface area (Å²) < 4.78 is 4.98. The topological polar surface area (TPSA) is 46.6 Å². The standard InChI is InChI=1S/C15H27NO3/c1-5-19-14(18)15(2,3)13(17)11-16(4)12-9-7-6-8-10-12/h12H,5-11H2,1-4H3. The quantitative estimate of drug-likeness (QED) is 0.549. The zero-order valence-electron chi connectivity index (χ0n) is 12.7. The van der Waals surface area contributed by atoms with Gasteiger partial charge in [-0.05, 0) is 40.7 Å². The van der Waals surface area contributed by atoms with Gasteiger partial charge < -0.3 is 4.74 Å². The van der Waals surface area contributed by atoms with Crippen molar-refractivity contribution in [2.45, 2.75) is 58.9 Å². The van der Waals surface area contributed by atoms with Gasteiger partial charge in [0, 0.05) is 6.04 Å². The van der Waals surface area contributed by atoms with Crippen LogP contribution in [-0.2, 0) is 14.3 Å². The van der Waals surface area contributed by atoms with Gasteiger partial charge in [-0.15, -0.1) is 0 Å². The fourth-order valence-corrected chi connectivity index (χ4v) is 2.50. The second kappa shape index (κ2) is 7.04. The van der Waals surface area contributed by atoms with Crippen molar-refractivity contribution in [1.29, 1.82) is 0 Å². The highest BCUT2D eigenvalue weighted by molar-refractivity contribution is 6.03. The first-order valence-corrected chi connectivity index (χ1v) is 7.30. The SMILES string of the molecule is CCOC(=O)C(C)(C)C(=O)CN(C)C1CCCCC1. The number of hydrogen-bond acceptors (Lipinski definition) is 4. The molecule has 1 saturated carbocycles. The van der Waals surface area contributed by atoms with Gasteiger partial charge >= 0.3 is 5.97 Å². The monoisotopic (exact) mass is 269 g/mol. The molecule has 4 nitrogen and oxygen atoms in total. The molecule has 19 heavy (non-hydrogen) atoms. The largest absolute Gasteiger partial charge is 0.465 e. The first-order valence-electron chi connectivity index (χ1n) is 7.30. The molecule has 0 radical (unpaired) electrons. The van der Waals surface area contributed by atoms with Crippen LogP contribution in [0.1, 0.15) is 52.9 Å². The van der Waals surface area contributed by atoms with E-state index in [0.29, 0.717) is 19.2 Å². The minimum atomic E-state index is -1.04. The number of Topliss-reactive ketones (excluding diaryl/α,β-unsaturated/α-hetero) is 1. The molecule has 110 valence electrons. The third-order valence-electron chi connectivity index (χ3n) is 4.07. The third-order valence-corrected chi connectivity index (χ3v) is 4.07. The van der Waals surface area contributed by atoms with E-state index in [2.05, 4.69) is 4.90 Å². The summed E-state index contributed by atoms with van der Waals surface area (Å²) in [6.45, 7) is 5.71. The lowest BCUT2D eigenvalue weighted by atomic mass is 9.87. The van der Waals surface area contributed by atoms with Crippen molar-refractivity contribution in [3.8, 4) is 0 Å². The normalized spacial score (nSPS) is 17.5. The number of ether oxygens (including phenoxy) is 1. The van der Waals surface area contributed by atoms with Crippen molar-refractivity contribution in [3.63, 3.8) is 0 Å². The van der Waals surface area contributed by atoms with Crippen LogP contribution in [0.15, 0.2) is 0 Å². The number of carbonyl (C=O) groups is 2. The first-order chi connectivity index (χ1) is 8.89. The van der Waals surface area contributed by atoms with Gasteiger partial charge in [0.15, 0.2) is 5.78 Å². The van der Waals surface area contributed by atoms with E-state index in [9.17, 15) is 9.59 Å². The highest BCUT2D eigenvalue weighted by atomic mass is 16.5. The first kappa shape index (κ1) is 16.2. The zero-order chi connectivity index (χ0) is 14.5. The molecule has 4 heteroatoms. The Labute approximate surface area is 116 Å². The Morgan fingerprint density at radius 2 is 1.79 bits per heavy atom. The molecule has 0 amide bonds. The van der Waals surface area contributed by atoms with E-state index in [1.54, 1.807) is 20.8 Å². The third kappa shape index (κ3) is 4.30. The molecule has 1 rings (SSSR count). The highest BCUT2D eigenvalue weighted by Crippen LogP contribution is 2.24. The summed E-state index contributed by atoms with van der Waals surface area (Å²) in [5.74, 6) is -0.476. The molecule has 0 aromatic carbocycles. The minimum absolute atomic E-state index is 0.0565. The van der Waals surface area contributed by atoms with Gasteiger partial charge in [-0.25, -0.2) is 0 Å². The number of rotatable bonds is 6. The average molecular weight is 269 g/mol. The number of nitrogens with zero attached hydrogens (tertiary/aromatic N) is 1. The molecule has 0 aromatic heterocycles. The lowest BCUT2D eigenvalue weighted by Gasteiger charge is -2.32. The van der Waals surface area contributed by atoms with Gasteiger partial charge in [-0.1, -0.05) is 19.3 Å². The lowest BCUT2D eigenvalue weighted by Crippen LogP contribution is -2.44. The van der Waals surface area contributed by atoms with Crippen LogP contribution >= 0.6 is 0 Å². The second-order valence-electron chi connectivity index (χ2n) is 5.98. The maximum Gasteiger partial charge on any atom is 0.319 e. The molecule has 0 heterocycles. The Kier molecular flexibility index (Phi) is 5.98. The highest BCUT2D eigenvalue weighted by Gasteiger charge is 2.38. The van der Waals surface area contributed by atoms with Crippen LogP contribution in [0.4, 0.5) is 0 Å². The Morgan fingerprint density at radius 3 is 2.32 bits per heavy atom. The number of hydrogen-bond donors (Lipinski definition) is 0. The van der Waals surface area contributed by atoms with Crippen LogP contribution in [-0.4, -0.2) is 42.9 Å². The summed E-state index contributed by atoms with van der Waals surface area (Å²) in [6, 6.07) is 0.482. The Balaban J connectivity index is 2.54. The fourth-order valence-electron chi connectivity index (χ4n) is 2.50. The van der Waals surface area contributed by atoms with Crippen molar-refractivity contribution in [2.24, 2.45) is 5.41 Å². The molecule has 0 aliphatic heterocycles. The Morgan fingerprint density at radius 1 is 1.21 bits per heavy atom. The molecule has 0 N–H and O–H groups in total. The van der Waals surface area contributed by atoms with Crippen molar-refractivity contribution in [2.75, 3.05) is 20.2 Å². The van der Waals surface area contributed by atoms with Gasteiger partial charge in [0.2, 0.25) is 0 Å². The maximum absolute atomic E-state index is 12.3. The van der Waals surface area contributed by atoms with Gasteiger partial charge in [0.05, 0.1) is 13.2 Å². The summed E-state index contributed by atoms with van der Waals surface area (Å²) in [5.41, 5.74) is -1.04. The van der Waals surface area contributed by atoms with Crippen LogP contribution < -0.4 is 0 Å². The number of ketones is 1. The molecule has 1 aliphatic rings. The molecule has 0 atom stereocenters. The second-order valence-corrected chi connectivity index (χ2v) is 5.98. The van der Waals surface area contributed by atoms with Crippen molar-refractivity contribution in [1.82, 2.24) is 4.90 Å². The van der Waals surface area contributed by atoms with Crippen molar-refractivity contribution in [3.05, 3.63) is 0 Å². The molecule has 0 unspecified atom stereocenters. The van der Waals surface area contributed by atoms with Gasteiger partial charge in [-0.3, -0.25) is 14.5 Å². The molecular formula is C15H27NO3. The van der Waals surface area contributed by atoms with Gasteiger partial charge in [0.1, 0.15) is 5.41 Å². The van der Waals surface area contributed by atoms with Gasteiger partial charge in [-0.2, -0.15) is 0 Å². The van der Waals surface area contributed by atoms with Crippen LogP contribution in [0.5, 0.6) is 0 Å². The summed E-state index contributed by atoms with van der Waals surface area (Å²) in [7, 11) is 1.98. The molecular weight excluding hydrogens is 242 g/mol. The maximum atomic E-state index is 12.3. The van der Waals surface area contributed by atoms with Crippen LogP contribution in [0, 0.1) is 5.41 Å². The Bertz CT molecular complexity index is 319. The van der Waals surface area contributed by atoms with Crippen LogP contribution in [0.3, 0.4) is 0 Å². The van der Waals surface area contributed by atoms with Crippen LogP contribution in [0.25, 0.3) is 0 Å². The number of esters is 1. The zero-order valence-corrected chi connectivity index (χ0v) is 12.7. The molecule has 1 aliphatic carbocycles. The molecule has 0 aromatic rings. The van der Waals surface area contributed by atoms with Crippen molar-refractivity contribution < 1.29 is 14.3 Å². The Hall–Kier alpha value is -0.900. The fraction of sp³-hybridized carbons (Fsp3) is 0.867. The van der Waals surface area contributed by atoms with E-state index in [-0.39, 0.29) is 5.78 Å². The van der Waals surface area contributed by atoms with Gasteiger partial charge in [0.25, 0.3) is 0 Å². The predicted molar refractivity (Wildman–Crippen MR) is 74.9 cm³/mol.